The molecule has 1 saturated heterocycles. The fourth-order valence-corrected chi connectivity index (χ4v) is 3.50. The van der Waals surface area contributed by atoms with Crippen LogP contribution in [0.2, 0.25) is 0 Å². The van der Waals surface area contributed by atoms with Gasteiger partial charge in [-0.2, -0.15) is 0 Å². The Morgan fingerprint density at radius 1 is 1.17 bits per heavy atom. The fraction of sp³-hybridized carbons (Fsp3) is 0.875. The molecule has 0 bridgehead atoms. The first-order chi connectivity index (χ1) is 11.0. The van der Waals surface area contributed by atoms with E-state index in [9.17, 15) is 9.59 Å². The van der Waals surface area contributed by atoms with E-state index in [2.05, 4.69) is 15.4 Å². The van der Waals surface area contributed by atoms with Gasteiger partial charge in [-0.3, -0.25) is 0 Å². The molecule has 1 aliphatic carbocycles. The molecule has 0 radical (unpaired) electrons. The lowest BCUT2D eigenvalue weighted by Gasteiger charge is -2.47. The van der Waals surface area contributed by atoms with Gasteiger partial charge < -0.3 is 25.0 Å². The summed E-state index contributed by atoms with van der Waals surface area (Å²) in [5.74, 6) is 0.677. The van der Waals surface area contributed by atoms with Gasteiger partial charge in [0.1, 0.15) is 0 Å². The molecule has 2 fully saturated rings. The maximum Gasteiger partial charge on any atom is 0.409 e. The average molecular weight is 327 g/mol. The minimum Gasteiger partial charge on any atom is -0.453 e. The quantitative estimate of drug-likeness (QED) is 0.806. The van der Waals surface area contributed by atoms with Crippen molar-refractivity contribution < 1.29 is 19.1 Å². The van der Waals surface area contributed by atoms with Crippen molar-refractivity contribution in [2.45, 2.75) is 50.7 Å². The van der Waals surface area contributed by atoms with E-state index in [1.807, 2.05) is 6.92 Å². The van der Waals surface area contributed by atoms with E-state index in [0.29, 0.717) is 31.7 Å². The number of hydrogen-bond acceptors (Lipinski definition) is 4. The van der Waals surface area contributed by atoms with Gasteiger partial charge in [-0.1, -0.05) is 0 Å². The van der Waals surface area contributed by atoms with Crippen LogP contribution in [0, 0.1) is 5.92 Å². The molecule has 1 saturated carbocycles. The van der Waals surface area contributed by atoms with Crippen molar-refractivity contribution in [1.29, 1.82) is 0 Å². The van der Waals surface area contributed by atoms with Gasteiger partial charge >= 0.3 is 12.1 Å². The zero-order chi connectivity index (χ0) is 16.9. The number of amides is 3. The SMILES string of the molecule is COC(=O)N1CC(C)(NC(=O)NCCC2CCC(OC)CC2)C1. The highest BCUT2D eigenvalue weighted by atomic mass is 16.5. The smallest absolute Gasteiger partial charge is 0.409 e. The summed E-state index contributed by atoms with van der Waals surface area (Å²) >= 11 is 0. The minimum atomic E-state index is -0.366. The summed E-state index contributed by atoms with van der Waals surface area (Å²) in [5, 5.41) is 5.86. The third-order valence-corrected chi connectivity index (χ3v) is 4.89. The van der Waals surface area contributed by atoms with Gasteiger partial charge in [-0.05, 0) is 44.9 Å². The third-order valence-electron chi connectivity index (χ3n) is 4.89. The topological polar surface area (TPSA) is 79.9 Å². The molecule has 1 heterocycles. The molecule has 2 N–H and O–H groups in total. The number of nitrogens with zero attached hydrogens (tertiary/aromatic N) is 1. The number of likely N-dealkylation sites (tertiary alicyclic amines) is 1. The Morgan fingerprint density at radius 2 is 1.83 bits per heavy atom. The molecule has 0 atom stereocenters. The maximum atomic E-state index is 12.0. The van der Waals surface area contributed by atoms with Crippen LogP contribution in [0.1, 0.15) is 39.0 Å². The number of hydrogen-bond donors (Lipinski definition) is 2. The van der Waals surface area contributed by atoms with Crippen molar-refractivity contribution in [1.82, 2.24) is 15.5 Å². The second kappa shape index (κ2) is 7.86. The molecule has 2 rings (SSSR count). The van der Waals surface area contributed by atoms with Gasteiger partial charge in [-0.15, -0.1) is 0 Å². The zero-order valence-electron chi connectivity index (χ0n) is 14.4. The molecule has 0 spiro atoms. The van der Waals surface area contributed by atoms with Gasteiger partial charge in [-0.25, -0.2) is 9.59 Å². The molecule has 3 amide bonds. The summed E-state index contributed by atoms with van der Waals surface area (Å²) in [5.41, 5.74) is -0.366. The van der Waals surface area contributed by atoms with E-state index in [1.165, 1.54) is 20.0 Å². The van der Waals surface area contributed by atoms with Gasteiger partial charge in [0.15, 0.2) is 0 Å². The summed E-state index contributed by atoms with van der Waals surface area (Å²) < 4.78 is 10.0. The maximum absolute atomic E-state index is 12.0. The highest BCUT2D eigenvalue weighted by Gasteiger charge is 2.43. The van der Waals surface area contributed by atoms with Crippen LogP contribution in [0.4, 0.5) is 9.59 Å². The number of ether oxygens (including phenoxy) is 2. The highest BCUT2D eigenvalue weighted by Crippen LogP contribution is 2.27. The van der Waals surface area contributed by atoms with E-state index < -0.39 is 0 Å². The van der Waals surface area contributed by atoms with Crippen molar-refractivity contribution in [2.75, 3.05) is 33.9 Å². The van der Waals surface area contributed by atoms with E-state index in [0.717, 1.165) is 19.3 Å². The van der Waals surface area contributed by atoms with E-state index >= 15 is 0 Å². The molecule has 0 aromatic heterocycles. The van der Waals surface area contributed by atoms with Gasteiger partial charge in [0.25, 0.3) is 0 Å². The second-order valence-corrected chi connectivity index (χ2v) is 6.93. The number of rotatable bonds is 5. The largest absolute Gasteiger partial charge is 0.453 e. The molecule has 0 aromatic carbocycles. The predicted molar refractivity (Wildman–Crippen MR) is 86.3 cm³/mol. The lowest BCUT2D eigenvalue weighted by atomic mass is 9.85. The average Bonchev–Trinajstić information content (AvgIpc) is 2.52. The lowest BCUT2D eigenvalue weighted by Crippen LogP contribution is -2.70. The number of carbonyl (C=O) groups is 2. The molecular formula is C16H29N3O4. The van der Waals surface area contributed by atoms with Gasteiger partial charge in [0.05, 0.1) is 18.8 Å². The molecule has 23 heavy (non-hydrogen) atoms. The predicted octanol–water partition coefficient (Wildman–Crippen LogP) is 1.72. The van der Waals surface area contributed by atoms with Crippen molar-refractivity contribution >= 4 is 12.1 Å². The van der Waals surface area contributed by atoms with Crippen LogP contribution in [0.15, 0.2) is 0 Å². The first-order valence-electron chi connectivity index (χ1n) is 8.37. The van der Waals surface area contributed by atoms with E-state index in [-0.39, 0.29) is 17.7 Å². The Hall–Kier alpha value is -1.50. The molecule has 7 heteroatoms. The van der Waals surface area contributed by atoms with Crippen LogP contribution in [0.3, 0.4) is 0 Å². The van der Waals surface area contributed by atoms with Crippen LogP contribution >= 0.6 is 0 Å². The first kappa shape index (κ1) is 17.8. The summed E-state index contributed by atoms with van der Waals surface area (Å²) in [6, 6.07) is -0.164. The summed E-state index contributed by atoms with van der Waals surface area (Å²) in [4.78, 5) is 24.9. The van der Waals surface area contributed by atoms with Crippen molar-refractivity contribution in [3.8, 4) is 0 Å². The summed E-state index contributed by atoms with van der Waals surface area (Å²) in [7, 11) is 3.14. The summed E-state index contributed by atoms with van der Waals surface area (Å²) in [6.07, 6.45) is 5.66. The third kappa shape index (κ3) is 4.99. The van der Waals surface area contributed by atoms with E-state index in [1.54, 1.807) is 12.0 Å². The van der Waals surface area contributed by atoms with Crippen LogP contribution < -0.4 is 10.6 Å². The Kier molecular flexibility index (Phi) is 6.10. The highest BCUT2D eigenvalue weighted by molar-refractivity contribution is 5.76. The number of methoxy groups -OCH3 is 2. The fourth-order valence-electron chi connectivity index (χ4n) is 3.50. The van der Waals surface area contributed by atoms with Gasteiger partial charge in [0.2, 0.25) is 0 Å². The van der Waals surface area contributed by atoms with Crippen molar-refractivity contribution in [3.63, 3.8) is 0 Å². The molecular weight excluding hydrogens is 298 g/mol. The Morgan fingerprint density at radius 3 is 2.39 bits per heavy atom. The Balaban J connectivity index is 1.58. The van der Waals surface area contributed by atoms with Crippen molar-refractivity contribution in [2.24, 2.45) is 5.92 Å². The number of urea groups is 1. The molecule has 132 valence electrons. The van der Waals surface area contributed by atoms with Crippen LogP contribution in [-0.4, -0.2) is 62.5 Å². The van der Waals surface area contributed by atoms with Gasteiger partial charge in [0, 0.05) is 26.7 Å². The molecule has 0 aromatic rings. The normalized spacial score (nSPS) is 26.1. The lowest BCUT2D eigenvalue weighted by molar-refractivity contribution is 0.0465. The zero-order valence-corrected chi connectivity index (χ0v) is 14.4. The second-order valence-electron chi connectivity index (χ2n) is 6.93. The van der Waals surface area contributed by atoms with Crippen LogP contribution in [0.25, 0.3) is 0 Å². The van der Waals surface area contributed by atoms with E-state index in [4.69, 9.17) is 4.74 Å². The minimum absolute atomic E-state index is 0.164. The molecule has 0 unspecified atom stereocenters. The first-order valence-corrected chi connectivity index (χ1v) is 8.37. The Bertz CT molecular complexity index is 416. The summed E-state index contributed by atoms with van der Waals surface area (Å²) in [6.45, 7) is 3.57. The molecule has 1 aliphatic heterocycles. The Labute approximate surface area is 138 Å². The number of carbonyl (C=O) groups excluding carboxylic acids is 2. The van der Waals surface area contributed by atoms with Crippen LogP contribution in [0.5, 0.6) is 0 Å². The molecule has 7 nitrogen and oxygen atoms in total. The standard InChI is InChI=1S/C16H29N3O4/c1-16(10-19(11-16)15(21)23-3)18-14(20)17-9-8-12-4-6-13(22-2)7-5-12/h12-13H,4-11H2,1-3H3,(H2,17,18,20). The number of nitrogens with one attached hydrogen (secondary N) is 2. The van der Waals surface area contributed by atoms with Crippen LogP contribution in [-0.2, 0) is 9.47 Å². The monoisotopic (exact) mass is 327 g/mol. The molecule has 2 aliphatic rings. The van der Waals surface area contributed by atoms with Crippen molar-refractivity contribution in [3.05, 3.63) is 0 Å².